The summed E-state index contributed by atoms with van der Waals surface area (Å²) >= 11 is 3.14. The molecule has 0 fully saturated rings. The minimum atomic E-state index is -0.628. The number of carbonyl (C=O) groups excluding carboxylic acids is 3. The molecule has 7 nitrogen and oxygen atoms in total. The maximum atomic E-state index is 12.7. The summed E-state index contributed by atoms with van der Waals surface area (Å²) in [4.78, 5) is 37.0. The molecule has 0 radical (unpaired) electrons. The van der Waals surface area contributed by atoms with Crippen molar-refractivity contribution in [3.05, 3.63) is 138 Å². The highest BCUT2D eigenvalue weighted by atomic mass is 32.2. The summed E-state index contributed by atoms with van der Waals surface area (Å²) in [6.07, 6.45) is 2.29. The van der Waals surface area contributed by atoms with E-state index in [4.69, 9.17) is 18.6 Å². The van der Waals surface area contributed by atoms with Gasteiger partial charge in [-0.15, -0.1) is 23.5 Å². The molecule has 0 unspecified atom stereocenters. The highest BCUT2D eigenvalue weighted by Gasteiger charge is 2.15. The van der Waals surface area contributed by atoms with E-state index in [1.165, 1.54) is 6.07 Å². The number of esters is 3. The second-order valence-corrected chi connectivity index (χ2v) is 11.9. The van der Waals surface area contributed by atoms with Gasteiger partial charge in [-0.1, -0.05) is 30.9 Å². The minimum absolute atomic E-state index is 0.0425. The Balaban J connectivity index is 1.27. The summed E-state index contributed by atoms with van der Waals surface area (Å²) in [6.45, 7) is 9.20. The van der Waals surface area contributed by atoms with Crippen LogP contribution in [0.3, 0.4) is 0 Å². The Morgan fingerprint density at radius 3 is 1.74 bits per heavy atom. The van der Waals surface area contributed by atoms with Crippen LogP contribution in [0.2, 0.25) is 0 Å². The van der Waals surface area contributed by atoms with Crippen LogP contribution in [0.25, 0.3) is 0 Å². The zero-order chi connectivity index (χ0) is 33.4. The molecule has 47 heavy (non-hydrogen) atoms. The molecule has 236 valence electrons. The van der Waals surface area contributed by atoms with E-state index in [-0.39, 0.29) is 5.76 Å². The lowest BCUT2D eigenvalue weighted by molar-refractivity contribution is -0.138. The zero-order valence-corrected chi connectivity index (χ0v) is 27.2. The third-order valence-electron chi connectivity index (χ3n) is 6.10. The Labute approximate surface area is 282 Å². The van der Waals surface area contributed by atoms with Crippen LogP contribution >= 0.6 is 23.5 Å². The molecule has 0 amide bonds. The van der Waals surface area contributed by atoms with Crippen molar-refractivity contribution < 1.29 is 33.0 Å². The Morgan fingerprint density at radius 2 is 1.21 bits per heavy atom. The summed E-state index contributed by atoms with van der Waals surface area (Å²) in [5.74, 6) is 12.8. The van der Waals surface area contributed by atoms with Gasteiger partial charge in [0.2, 0.25) is 5.76 Å². The quantitative estimate of drug-likeness (QED) is 0.0389. The van der Waals surface area contributed by atoms with Crippen LogP contribution in [-0.2, 0) is 19.1 Å². The fourth-order valence-electron chi connectivity index (χ4n) is 3.78. The van der Waals surface area contributed by atoms with Crippen LogP contribution in [0.5, 0.6) is 5.75 Å². The number of thioether (sulfide) groups is 2. The molecule has 0 saturated heterocycles. The van der Waals surface area contributed by atoms with Crippen molar-refractivity contribution in [1.82, 2.24) is 0 Å². The van der Waals surface area contributed by atoms with Gasteiger partial charge in [-0.3, -0.25) is 0 Å². The average molecular weight is 663 g/mol. The van der Waals surface area contributed by atoms with E-state index >= 15 is 0 Å². The lowest BCUT2D eigenvalue weighted by Crippen LogP contribution is -2.08. The second kappa shape index (κ2) is 18.0. The topological polar surface area (TPSA) is 92.0 Å². The molecule has 3 aromatic carbocycles. The largest absolute Gasteiger partial charge is 0.462 e. The molecule has 0 aliphatic rings. The van der Waals surface area contributed by atoms with Gasteiger partial charge >= 0.3 is 17.9 Å². The maximum Gasteiger partial charge on any atom is 0.379 e. The zero-order valence-electron chi connectivity index (χ0n) is 25.6. The van der Waals surface area contributed by atoms with Crippen molar-refractivity contribution in [3.63, 3.8) is 0 Å². The van der Waals surface area contributed by atoms with E-state index in [9.17, 15) is 14.4 Å². The molecule has 1 heterocycles. The minimum Gasteiger partial charge on any atom is -0.462 e. The number of hydrogen-bond donors (Lipinski definition) is 0. The smallest absolute Gasteiger partial charge is 0.379 e. The first-order chi connectivity index (χ1) is 22.8. The number of furan rings is 1. The van der Waals surface area contributed by atoms with Gasteiger partial charge in [0, 0.05) is 50.1 Å². The van der Waals surface area contributed by atoms with Gasteiger partial charge in [0.05, 0.1) is 0 Å². The van der Waals surface area contributed by atoms with Crippen LogP contribution < -0.4 is 4.74 Å². The van der Waals surface area contributed by atoms with Crippen molar-refractivity contribution in [2.24, 2.45) is 0 Å². The fourth-order valence-corrected chi connectivity index (χ4v) is 5.24. The molecule has 0 atom stereocenters. The maximum absolute atomic E-state index is 12.7. The van der Waals surface area contributed by atoms with Gasteiger partial charge in [0.1, 0.15) is 19.0 Å². The molecular formula is C38H30O7S2. The average Bonchev–Trinajstić information content (AvgIpc) is 3.58. The number of hydrogen-bond acceptors (Lipinski definition) is 9. The van der Waals surface area contributed by atoms with E-state index in [1.807, 2.05) is 61.5 Å². The number of ether oxygens (including phenoxy) is 3. The van der Waals surface area contributed by atoms with Crippen LogP contribution in [0, 0.1) is 30.6 Å². The number of benzene rings is 3. The lowest BCUT2D eigenvalue weighted by atomic mass is 10.1. The molecule has 0 saturated carbocycles. The standard InChI is InChI=1S/C38H30O7S2/c1-4-36(39)42-22-24-46-32-16-9-28(10-17-32)6-7-30-13-20-34(27(3)26-30)45-38(41)35-21-15-31(44-35)14-8-29-11-18-33(19-12-29)47-25-23-43-37(40)5-2/h4-5,9-13,15-21,26H,1-2,22-25H2,3H3. The number of carbonyl (C=O) groups is 3. The molecule has 0 aliphatic carbocycles. The predicted molar refractivity (Wildman–Crippen MR) is 183 cm³/mol. The highest BCUT2D eigenvalue weighted by Crippen LogP contribution is 2.22. The van der Waals surface area contributed by atoms with Gasteiger partial charge < -0.3 is 18.6 Å². The first-order valence-corrected chi connectivity index (χ1v) is 16.3. The second-order valence-electron chi connectivity index (χ2n) is 9.52. The fraction of sp³-hybridized carbons (Fsp3) is 0.132. The molecular weight excluding hydrogens is 633 g/mol. The van der Waals surface area contributed by atoms with Crippen molar-refractivity contribution >= 4 is 41.4 Å². The van der Waals surface area contributed by atoms with Crippen molar-refractivity contribution in [2.75, 3.05) is 24.7 Å². The van der Waals surface area contributed by atoms with Crippen molar-refractivity contribution in [3.8, 4) is 29.4 Å². The summed E-state index contributed by atoms with van der Waals surface area (Å²) in [7, 11) is 0. The molecule has 1 aromatic heterocycles. The molecule has 0 bridgehead atoms. The van der Waals surface area contributed by atoms with E-state index in [0.29, 0.717) is 36.2 Å². The Kier molecular flexibility index (Phi) is 13.2. The van der Waals surface area contributed by atoms with Gasteiger partial charge in [0.15, 0.2) is 5.76 Å². The predicted octanol–water partition coefficient (Wildman–Crippen LogP) is 7.25. The summed E-state index contributed by atoms with van der Waals surface area (Å²) < 4.78 is 21.1. The van der Waals surface area contributed by atoms with Gasteiger partial charge in [-0.05, 0) is 97.3 Å². The summed E-state index contributed by atoms with van der Waals surface area (Å²) in [5, 5.41) is 0. The molecule has 0 N–H and O–H groups in total. The molecule has 9 heteroatoms. The molecule has 0 spiro atoms. The van der Waals surface area contributed by atoms with Crippen molar-refractivity contribution in [2.45, 2.75) is 16.7 Å². The van der Waals surface area contributed by atoms with E-state index in [1.54, 1.807) is 41.7 Å². The normalized spacial score (nSPS) is 9.98. The van der Waals surface area contributed by atoms with E-state index in [2.05, 4.69) is 36.8 Å². The van der Waals surface area contributed by atoms with Gasteiger partial charge in [0.25, 0.3) is 0 Å². The monoisotopic (exact) mass is 662 g/mol. The summed E-state index contributed by atoms with van der Waals surface area (Å²) in [5.41, 5.74) is 3.17. The molecule has 4 aromatic rings. The first kappa shape index (κ1) is 34.5. The van der Waals surface area contributed by atoms with E-state index < -0.39 is 17.9 Å². The van der Waals surface area contributed by atoms with Crippen LogP contribution in [0.1, 0.15) is 38.6 Å². The van der Waals surface area contributed by atoms with Crippen molar-refractivity contribution in [1.29, 1.82) is 0 Å². The Morgan fingerprint density at radius 1 is 0.702 bits per heavy atom. The van der Waals surface area contributed by atoms with Crippen LogP contribution in [0.15, 0.2) is 118 Å². The van der Waals surface area contributed by atoms with Gasteiger partial charge in [-0.25, -0.2) is 14.4 Å². The van der Waals surface area contributed by atoms with Crippen LogP contribution in [-0.4, -0.2) is 42.6 Å². The third-order valence-corrected chi connectivity index (χ3v) is 8.05. The Hall–Kier alpha value is -5.35. The van der Waals surface area contributed by atoms with E-state index in [0.717, 1.165) is 44.2 Å². The summed E-state index contributed by atoms with van der Waals surface area (Å²) in [6, 6.07) is 23.9. The van der Waals surface area contributed by atoms with Gasteiger partial charge in [-0.2, -0.15) is 0 Å². The third kappa shape index (κ3) is 11.5. The highest BCUT2D eigenvalue weighted by molar-refractivity contribution is 7.99. The first-order valence-electron chi connectivity index (χ1n) is 14.3. The Bertz CT molecular complexity index is 1870. The number of aryl methyl sites for hydroxylation is 1. The number of rotatable bonds is 12. The lowest BCUT2D eigenvalue weighted by Gasteiger charge is -2.06. The SMILES string of the molecule is C=CC(=O)OCCSc1ccc(C#Cc2ccc(OC(=O)c3ccc(C#Cc4ccc(SCCOC(=O)C=C)cc4)o3)c(C)c2)cc1. The molecule has 4 rings (SSSR count). The van der Waals surface area contributed by atoms with Crippen LogP contribution in [0.4, 0.5) is 0 Å². The molecule has 0 aliphatic heterocycles.